The van der Waals surface area contributed by atoms with Crippen LogP contribution in [-0.4, -0.2) is 39.1 Å². The molecule has 0 saturated carbocycles. The van der Waals surface area contributed by atoms with E-state index >= 15 is 0 Å². The molecule has 0 unspecified atom stereocenters. The number of aromatic nitrogens is 2. The molecule has 7 heteroatoms. The Bertz CT molecular complexity index is 1210. The lowest BCUT2D eigenvalue weighted by molar-refractivity contribution is -0.117. The van der Waals surface area contributed by atoms with Gasteiger partial charge >= 0.3 is 0 Å². The number of hydrogen-bond acceptors (Lipinski definition) is 3. The molecule has 34 heavy (non-hydrogen) atoms. The normalized spacial score (nSPS) is 11.6. The highest BCUT2D eigenvalue weighted by atomic mass is 19.1. The summed E-state index contributed by atoms with van der Waals surface area (Å²) < 4.78 is 15.4. The maximum absolute atomic E-state index is 13.6. The van der Waals surface area contributed by atoms with Crippen molar-refractivity contribution in [3.05, 3.63) is 76.7 Å². The molecule has 0 saturated heterocycles. The van der Waals surface area contributed by atoms with Gasteiger partial charge in [-0.15, -0.1) is 0 Å². The molecule has 180 valence electrons. The van der Waals surface area contributed by atoms with E-state index in [1.807, 2.05) is 52.0 Å². The van der Waals surface area contributed by atoms with Gasteiger partial charge in [0.25, 0.3) is 5.91 Å². The smallest absolute Gasteiger partial charge is 0.254 e. The lowest BCUT2D eigenvalue weighted by atomic mass is 9.92. The first-order valence-electron chi connectivity index (χ1n) is 11.4. The first kappa shape index (κ1) is 25.1. The Morgan fingerprint density at radius 3 is 2.38 bits per heavy atom. The largest absolute Gasteiger partial charge is 0.327 e. The molecule has 0 spiro atoms. The minimum Gasteiger partial charge on any atom is -0.327 e. The highest BCUT2D eigenvalue weighted by molar-refractivity contribution is 5.99. The highest BCUT2D eigenvalue weighted by Crippen LogP contribution is 2.28. The standard InChI is InChI=1S/C27H33FN4O2/c1-17(2)31(26(34)20-11-9-12-21(28)14-20)16-25(33)29-24-15-23(27(5,6)7)30-32(24)22-13-8-10-18(3)19(22)4/h8-15,17H,16H2,1-7H3,(H,29,33). The van der Waals surface area contributed by atoms with E-state index in [9.17, 15) is 14.0 Å². The van der Waals surface area contributed by atoms with Crippen LogP contribution in [-0.2, 0) is 10.2 Å². The molecule has 0 aliphatic heterocycles. The summed E-state index contributed by atoms with van der Waals surface area (Å²) in [5.74, 6) is -0.717. The summed E-state index contributed by atoms with van der Waals surface area (Å²) in [7, 11) is 0. The second-order valence-electron chi connectivity index (χ2n) is 9.88. The van der Waals surface area contributed by atoms with Crippen molar-refractivity contribution < 1.29 is 14.0 Å². The molecule has 0 atom stereocenters. The van der Waals surface area contributed by atoms with Gasteiger partial charge in [0.05, 0.1) is 11.4 Å². The quantitative estimate of drug-likeness (QED) is 0.530. The highest BCUT2D eigenvalue weighted by Gasteiger charge is 2.25. The summed E-state index contributed by atoms with van der Waals surface area (Å²) in [4.78, 5) is 27.5. The van der Waals surface area contributed by atoms with E-state index < -0.39 is 11.7 Å². The van der Waals surface area contributed by atoms with Crippen LogP contribution in [0, 0.1) is 19.7 Å². The van der Waals surface area contributed by atoms with Crippen molar-refractivity contribution in [3.8, 4) is 5.69 Å². The monoisotopic (exact) mass is 464 g/mol. The van der Waals surface area contributed by atoms with Gasteiger partial charge in [-0.2, -0.15) is 5.10 Å². The van der Waals surface area contributed by atoms with Crippen molar-refractivity contribution in [2.24, 2.45) is 0 Å². The molecule has 0 aliphatic rings. The second kappa shape index (κ2) is 9.79. The molecule has 1 N–H and O–H groups in total. The van der Waals surface area contributed by atoms with Crippen LogP contribution in [0.5, 0.6) is 0 Å². The van der Waals surface area contributed by atoms with Gasteiger partial charge in [-0.3, -0.25) is 9.59 Å². The van der Waals surface area contributed by atoms with Crippen LogP contribution in [0.1, 0.15) is 61.8 Å². The van der Waals surface area contributed by atoms with Gasteiger partial charge in [0, 0.05) is 23.1 Å². The van der Waals surface area contributed by atoms with Gasteiger partial charge in [-0.05, 0) is 63.1 Å². The molecule has 6 nitrogen and oxygen atoms in total. The zero-order valence-electron chi connectivity index (χ0n) is 20.9. The predicted octanol–water partition coefficient (Wildman–Crippen LogP) is 5.42. The minimum atomic E-state index is -0.494. The van der Waals surface area contributed by atoms with Gasteiger partial charge in [0.15, 0.2) is 0 Å². The van der Waals surface area contributed by atoms with Gasteiger partial charge in [0.1, 0.15) is 18.2 Å². The van der Waals surface area contributed by atoms with Crippen molar-refractivity contribution in [2.75, 3.05) is 11.9 Å². The van der Waals surface area contributed by atoms with Gasteiger partial charge in [-0.1, -0.05) is 39.0 Å². The second-order valence-corrected chi connectivity index (χ2v) is 9.88. The van der Waals surface area contributed by atoms with Crippen LogP contribution in [0.25, 0.3) is 5.69 Å². The zero-order valence-corrected chi connectivity index (χ0v) is 20.9. The Hall–Kier alpha value is -3.48. The predicted molar refractivity (Wildman–Crippen MR) is 133 cm³/mol. The molecule has 3 rings (SSSR count). The van der Waals surface area contributed by atoms with Crippen molar-refractivity contribution in [3.63, 3.8) is 0 Å². The summed E-state index contributed by atoms with van der Waals surface area (Å²) in [6, 6.07) is 13.1. The fourth-order valence-electron chi connectivity index (χ4n) is 3.60. The number of benzene rings is 2. The lowest BCUT2D eigenvalue weighted by Gasteiger charge is -2.26. The number of carbonyl (C=O) groups excluding carboxylic acids is 2. The van der Waals surface area contributed by atoms with E-state index in [2.05, 4.69) is 26.1 Å². The number of hydrogen-bond donors (Lipinski definition) is 1. The topological polar surface area (TPSA) is 67.2 Å². The molecule has 2 aromatic carbocycles. The van der Waals surface area contributed by atoms with E-state index in [1.54, 1.807) is 10.7 Å². The number of anilines is 1. The van der Waals surface area contributed by atoms with Crippen LogP contribution in [0.4, 0.5) is 10.2 Å². The summed E-state index contributed by atoms with van der Waals surface area (Å²) >= 11 is 0. The number of halogens is 1. The average Bonchev–Trinajstić information content (AvgIpc) is 3.17. The molecule has 1 heterocycles. The van der Waals surface area contributed by atoms with Gasteiger partial charge < -0.3 is 10.2 Å². The molecular weight excluding hydrogens is 431 g/mol. The van der Waals surface area contributed by atoms with Crippen molar-refractivity contribution in [1.29, 1.82) is 0 Å². The Balaban J connectivity index is 1.91. The SMILES string of the molecule is Cc1cccc(-n2nc(C(C)(C)C)cc2NC(=O)CN(C(=O)c2cccc(F)c2)C(C)C)c1C. The Morgan fingerprint density at radius 2 is 1.76 bits per heavy atom. The maximum Gasteiger partial charge on any atom is 0.254 e. The number of rotatable bonds is 6. The zero-order chi connectivity index (χ0) is 25.2. The Kier molecular flexibility index (Phi) is 7.24. The third-order valence-corrected chi connectivity index (χ3v) is 5.82. The molecular formula is C27H33FN4O2. The Morgan fingerprint density at radius 1 is 1.09 bits per heavy atom. The van der Waals surface area contributed by atoms with E-state index in [-0.39, 0.29) is 29.5 Å². The van der Waals surface area contributed by atoms with Crippen LogP contribution in [0.3, 0.4) is 0 Å². The average molecular weight is 465 g/mol. The molecule has 1 aromatic heterocycles. The maximum atomic E-state index is 13.6. The number of nitrogens with zero attached hydrogens (tertiary/aromatic N) is 3. The number of amides is 2. The molecule has 2 amide bonds. The lowest BCUT2D eigenvalue weighted by Crippen LogP contribution is -2.42. The summed E-state index contributed by atoms with van der Waals surface area (Å²) in [5, 5.41) is 7.74. The van der Waals surface area contributed by atoms with Crippen LogP contribution < -0.4 is 5.32 Å². The first-order chi connectivity index (χ1) is 15.9. The Labute approximate surface area is 200 Å². The molecule has 0 aliphatic carbocycles. The van der Waals surface area contributed by atoms with Crippen molar-refractivity contribution in [2.45, 2.75) is 59.9 Å². The van der Waals surface area contributed by atoms with E-state index in [0.717, 1.165) is 22.5 Å². The van der Waals surface area contributed by atoms with Crippen LogP contribution in [0.15, 0.2) is 48.5 Å². The van der Waals surface area contributed by atoms with E-state index in [0.29, 0.717) is 5.82 Å². The van der Waals surface area contributed by atoms with Crippen molar-refractivity contribution in [1.82, 2.24) is 14.7 Å². The fourth-order valence-corrected chi connectivity index (χ4v) is 3.60. The minimum absolute atomic E-state index is 0.171. The van der Waals surface area contributed by atoms with Gasteiger partial charge in [0.2, 0.25) is 5.91 Å². The third kappa shape index (κ3) is 5.53. The molecule has 3 aromatic rings. The van der Waals surface area contributed by atoms with Crippen LogP contribution >= 0.6 is 0 Å². The first-order valence-corrected chi connectivity index (χ1v) is 11.4. The number of carbonyl (C=O) groups is 2. The number of nitrogens with one attached hydrogen (secondary N) is 1. The molecule has 0 radical (unpaired) electrons. The van der Waals surface area contributed by atoms with Crippen molar-refractivity contribution >= 4 is 17.6 Å². The summed E-state index contributed by atoms with van der Waals surface area (Å²) in [6.45, 7) is 13.7. The van der Waals surface area contributed by atoms with Gasteiger partial charge in [-0.25, -0.2) is 9.07 Å². The molecule has 0 fully saturated rings. The van der Waals surface area contributed by atoms with Crippen LogP contribution in [0.2, 0.25) is 0 Å². The van der Waals surface area contributed by atoms with E-state index in [1.165, 1.54) is 23.1 Å². The fraction of sp³-hybridized carbons (Fsp3) is 0.370. The number of aryl methyl sites for hydroxylation is 1. The summed E-state index contributed by atoms with van der Waals surface area (Å²) in [6.07, 6.45) is 0. The molecule has 0 bridgehead atoms. The summed E-state index contributed by atoms with van der Waals surface area (Å²) in [5.41, 5.74) is 3.88. The van der Waals surface area contributed by atoms with E-state index in [4.69, 9.17) is 5.10 Å². The third-order valence-electron chi connectivity index (χ3n) is 5.82.